The molecule has 1 unspecified atom stereocenters. The average Bonchev–Trinajstić information content (AvgIpc) is 2.38. The Morgan fingerprint density at radius 1 is 1.35 bits per heavy atom. The van der Waals surface area contributed by atoms with Crippen molar-refractivity contribution in [3.05, 3.63) is 40.9 Å². The Morgan fingerprint density at radius 3 is 2.60 bits per heavy atom. The van der Waals surface area contributed by atoms with Gasteiger partial charge in [0, 0.05) is 12.2 Å². The van der Waals surface area contributed by atoms with Gasteiger partial charge in [0.25, 0.3) is 0 Å². The zero-order valence-electron chi connectivity index (χ0n) is 10.5. The summed E-state index contributed by atoms with van der Waals surface area (Å²) in [4.78, 5) is 22.7. The van der Waals surface area contributed by atoms with E-state index in [0.717, 1.165) is 0 Å². The van der Waals surface area contributed by atoms with Gasteiger partial charge in [-0.15, -0.1) is 6.58 Å². The summed E-state index contributed by atoms with van der Waals surface area (Å²) in [5.41, 5.74) is 0.456. The van der Waals surface area contributed by atoms with Crippen molar-refractivity contribution < 1.29 is 14.7 Å². The second-order valence-electron chi connectivity index (χ2n) is 3.97. The first kappa shape index (κ1) is 16.5. The number of carbonyl (C=O) groups excluding carboxylic acids is 1. The van der Waals surface area contributed by atoms with Crippen molar-refractivity contribution in [3.63, 3.8) is 0 Å². The predicted molar refractivity (Wildman–Crippen MR) is 79.3 cm³/mol. The summed E-state index contributed by atoms with van der Waals surface area (Å²) < 4.78 is 0. The van der Waals surface area contributed by atoms with E-state index in [1.165, 1.54) is 12.1 Å². The van der Waals surface area contributed by atoms with E-state index < -0.39 is 17.9 Å². The van der Waals surface area contributed by atoms with Gasteiger partial charge in [-0.2, -0.15) is 0 Å². The first-order valence-corrected chi connectivity index (χ1v) is 6.51. The van der Waals surface area contributed by atoms with Crippen LogP contribution < -0.4 is 10.6 Å². The highest BCUT2D eigenvalue weighted by Crippen LogP contribution is 2.25. The molecular weight excluding hydrogens is 303 g/mol. The Labute approximate surface area is 126 Å². The summed E-state index contributed by atoms with van der Waals surface area (Å²) in [7, 11) is 0. The van der Waals surface area contributed by atoms with Crippen LogP contribution in [0.2, 0.25) is 10.0 Å². The highest BCUT2D eigenvalue weighted by molar-refractivity contribution is 6.42. The van der Waals surface area contributed by atoms with E-state index in [4.69, 9.17) is 28.3 Å². The molecule has 0 aromatic heterocycles. The molecule has 1 rings (SSSR count). The number of carboxylic acid groups (broad SMARTS) is 1. The van der Waals surface area contributed by atoms with Gasteiger partial charge >= 0.3 is 5.97 Å². The number of aliphatic carboxylic acids is 1. The van der Waals surface area contributed by atoms with Gasteiger partial charge in [-0.3, -0.25) is 9.59 Å². The molecule has 0 fully saturated rings. The van der Waals surface area contributed by atoms with E-state index in [1.807, 2.05) is 0 Å². The van der Waals surface area contributed by atoms with Crippen molar-refractivity contribution in [2.75, 3.05) is 11.9 Å². The maximum absolute atomic E-state index is 11.8. The van der Waals surface area contributed by atoms with Gasteiger partial charge in [0.15, 0.2) is 0 Å². The van der Waals surface area contributed by atoms with Crippen LogP contribution in [0.25, 0.3) is 0 Å². The number of halogens is 2. The number of anilines is 1. The molecule has 0 radical (unpaired) electrons. The minimum Gasteiger partial charge on any atom is -0.480 e. The maximum Gasteiger partial charge on any atom is 0.321 e. The van der Waals surface area contributed by atoms with Gasteiger partial charge in [-0.1, -0.05) is 29.3 Å². The molecular formula is C13H14Cl2N2O3. The monoisotopic (exact) mass is 316 g/mol. The van der Waals surface area contributed by atoms with E-state index in [9.17, 15) is 9.59 Å². The number of benzene rings is 1. The van der Waals surface area contributed by atoms with E-state index in [0.29, 0.717) is 22.3 Å². The fraction of sp³-hybridized carbons (Fsp3) is 0.231. The van der Waals surface area contributed by atoms with Crippen LogP contribution in [0.3, 0.4) is 0 Å². The van der Waals surface area contributed by atoms with Crippen LogP contribution in [0.1, 0.15) is 6.42 Å². The molecule has 1 aromatic rings. The molecule has 5 nitrogen and oxygen atoms in total. The van der Waals surface area contributed by atoms with Crippen LogP contribution in [-0.2, 0) is 9.59 Å². The van der Waals surface area contributed by atoms with E-state index in [-0.39, 0.29) is 6.42 Å². The molecule has 20 heavy (non-hydrogen) atoms. The molecule has 1 atom stereocenters. The molecule has 0 saturated heterocycles. The molecule has 0 spiro atoms. The molecule has 7 heteroatoms. The zero-order valence-corrected chi connectivity index (χ0v) is 12.0. The standard InChI is InChI=1S/C13H14Cl2N2O3/c1-2-5-16-11(13(19)20)7-12(18)17-8-3-4-9(14)10(15)6-8/h2-4,6,11,16H,1,5,7H2,(H,17,18)(H,19,20). The van der Waals surface area contributed by atoms with Crippen molar-refractivity contribution in [3.8, 4) is 0 Å². The van der Waals surface area contributed by atoms with E-state index in [2.05, 4.69) is 17.2 Å². The number of carbonyl (C=O) groups is 2. The minimum absolute atomic E-state index is 0.205. The minimum atomic E-state index is -1.10. The number of nitrogens with one attached hydrogen (secondary N) is 2. The predicted octanol–water partition coefficient (Wildman–Crippen LogP) is 2.55. The molecule has 108 valence electrons. The molecule has 1 aromatic carbocycles. The SMILES string of the molecule is C=CCNC(CC(=O)Nc1ccc(Cl)c(Cl)c1)C(=O)O. The Kier molecular flexibility index (Phi) is 6.51. The van der Waals surface area contributed by atoms with Crippen molar-refractivity contribution in [2.24, 2.45) is 0 Å². The molecule has 0 bridgehead atoms. The molecule has 0 aliphatic heterocycles. The van der Waals surface area contributed by atoms with Gasteiger partial charge in [-0.25, -0.2) is 0 Å². The highest BCUT2D eigenvalue weighted by atomic mass is 35.5. The Morgan fingerprint density at radius 2 is 2.05 bits per heavy atom. The summed E-state index contributed by atoms with van der Waals surface area (Å²) in [6.07, 6.45) is 1.32. The van der Waals surface area contributed by atoms with Crippen LogP contribution >= 0.6 is 23.2 Å². The number of carboxylic acids is 1. The Balaban J connectivity index is 2.62. The molecule has 1 amide bonds. The van der Waals surface area contributed by atoms with Crippen LogP contribution in [-0.4, -0.2) is 29.6 Å². The summed E-state index contributed by atoms with van der Waals surface area (Å²) in [6.45, 7) is 3.78. The maximum atomic E-state index is 11.8. The Hall–Kier alpha value is -1.56. The summed E-state index contributed by atoms with van der Waals surface area (Å²) in [5.74, 6) is -1.54. The van der Waals surface area contributed by atoms with Gasteiger partial charge in [-0.05, 0) is 18.2 Å². The lowest BCUT2D eigenvalue weighted by atomic mass is 10.2. The van der Waals surface area contributed by atoms with Gasteiger partial charge in [0.05, 0.1) is 16.5 Å². The lowest BCUT2D eigenvalue weighted by Gasteiger charge is -2.13. The fourth-order valence-electron chi connectivity index (χ4n) is 1.44. The topological polar surface area (TPSA) is 78.4 Å². The van der Waals surface area contributed by atoms with Crippen molar-refractivity contribution >= 4 is 40.8 Å². The third kappa shape index (κ3) is 5.21. The summed E-state index contributed by atoms with van der Waals surface area (Å²) >= 11 is 11.6. The largest absolute Gasteiger partial charge is 0.480 e. The molecule has 0 saturated carbocycles. The number of hydrogen-bond donors (Lipinski definition) is 3. The van der Waals surface area contributed by atoms with Gasteiger partial charge in [0.2, 0.25) is 5.91 Å². The fourth-order valence-corrected chi connectivity index (χ4v) is 1.74. The van der Waals surface area contributed by atoms with Crippen LogP contribution in [0.5, 0.6) is 0 Å². The first-order valence-electron chi connectivity index (χ1n) is 5.76. The van der Waals surface area contributed by atoms with Crippen molar-refractivity contribution in [1.29, 1.82) is 0 Å². The zero-order chi connectivity index (χ0) is 15.1. The molecule has 3 N–H and O–H groups in total. The van der Waals surface area contributed by atoms with E-state index in [1.54, 1.807) is 12.1 Å². The van der Waals surface area contributed by atoms with Gasteiger partial charge < -0.3 is 15.7 Å². The van der Waals surface area contributed by atoms with Crippen LogP contribution in [0.4, 0.5) is 5.69 Å². The quantitative estimate of drug-likeness (QED) is 0.675. The summed E-state index contributed by atoms with van der Waals surface area (Å²) in [6, 6.07) is 3.65. The third-order valence-corrected chi connectivity index (χ3v) is 3.14. The Bertz CT molecular complexity index is 520. The lowest BCUT2D eigenvalue weighted by Crippen LogP contribution is -2.39. The van der Waals surface area contributed by atoms with Crippen LogP contribution in [0.15, 0.2) is 30.9 Å². The van der Waals surface area contributed by atoms with Gasteiger partial charge in [0.1, 0.15) is 6.04 Å². The van der Waals surface area contributed by atoms with Crippen molar-refractivity contribution in [2.45, 2.75) is 12.5 Å². The smallest absolute Gasteiger partial charge is 0.321 e. The second kappa shape index (κ2) is 7.89. The lowest BCUT2D eigenvalue weighted by molar-refractivity contribution is -0.140. The van der Waals surface area contributed by atoms with Crippen LogP contribution in [0, 0.1) is 0 Å². The molecule has 0 heterocycles. The highest BCUT2D eigenvalue weighted by Gasteiger charge is 2.20. The summed E-state index contributed by atoms with van der Waals surface area (Å²) in [5, 5.41) is 14.9. The van der Waals surface area contributed by atoms with E-state index >= 15 is 0 Å². The molecule has 0 aliphatic rings. The van der Waals surface area contributed by atoms with Crippen molar-refractivity contribution in [1.82, 2.24) is 5.32 Å². The second-order valence-corrected chi connectivity index (χ2v) is 4.78. The number of hydrogen-bond acceptors (Lipinski definition) is 3. The first-order chi connectivity index (χ1) is 9.43. The average molecular weight is 317 g/mol. The normalized spacial score (nSPS) is 11.7. The number of amides is 1. The third-order valence-electron chi connectivity index (χ3n) is 2.40. The number of rotatable bonds is 7. The molecule has 0 aliphatic carbocycles.